The van der Waals surface area contributed by atoms with Gasteiger partial charge in [0.1, 0.15) is 15.6 Å². The number of hydrogen-bond donors (Lipinski definition) is 2. The van der Waals surface area contributed by atoms with E-state index in [0.717, 1.165) is 16.5 Å². The van der Waals surface area contributed by atoms with Gasteiger partial charge in [-0.15, -0.1) is 11.3 Å². The van der Waals surface area contributed by atoms with Crippen molar-refractivity contribution in [1.82, 2.24) is 25.3 Å². The van der Waals surface area contributed by atoms with Crippen molar-refractivity contribution in [3.05, 3.63) is 64.1 Å². The molecule has 0 atom stereocenters. The van der Waals surface area contributed by atoms with Crippen molar-refractivity contribution in [3.63, 3.8) is 0 Å². The predicted octanol–water partition coefficient (Wildman–Crippen LogP) is 4.02. The van der Waals surface area contributed by atoms with Gasteiger partial charge in [0, 0.05) is 41.1 Å². The van der Waals surface area contributed by atoms with Crippen LogP contribution in [0.15, 0.2) is 43.0 Å². The summed E-state index contributed by atoms with van der Waals surface area (Å²) < 4.78 is 0. The maximum absolute atomic E-state index is 12.6. The van der Waals surface area contributed by atoms with Crippen molar-refractivity contribution in [3.8, 4) is 10.7 Å². The summed E-state index contributed by atoms with van der Waals surface area (Å²) in [5.41, 5.74) is 3.51. The van der Waals surface area contributed by atoms with Crippen LogP contribution in [-0.4, -0.2) is 32.4 Å². The van der Waals surface area contributed by atoms with Gasteiger partial charge in [-0.1, -0.05) is 11.6 Å². The molecule has 0 unspecified atom stereocenters. The van der Waals surface area contributed by atoms with Crippen molar-refractivity contribution in [1.29, 1.82) is 0 Å². The summed E-state index contributed by atoms with van der Waals surface area (Å²) in [6.45, 7) is 2.35. The summed E-state index contributed by atoms with van der Waals surface area (Å²) in [4.78, 5) is 29.1. The first kappa shape index (κ1) is 17.6. The summed E-state index contributed by atoms with van der Waals surface area (Å²) in [5, 5.41) is 5.44. The molecule has 0 saturated heterocycles. The normalized spacial score (nSPS) is 11.0. The molecule has 0 radical (unpaired) electrons. The maximum Gasteiger partial charge on any atom is 0.263 e. The predicted molar refractivity (Wildman–Crippen MR) is 107 cm³/mol. The number of amides is 1. The number of aryl methyl sites for hydroxylation is 1. The Labute approximate surface area is 164 Å². The van der Waals surface area contributed by atoms with Crippen LogP contribution in [0.2, 0.25) is 5.02 Å². The van der Waals surface area contributed by atoms with Gasteiger partial charge in [-0.05, 0) is 37.1 Å². The van der Waals surface area contributed by atoms with E-state index in [4.69, 9.17) is 11.6 Å². The van der Waals surface area contributed by atoms with Crippen LogP contribution in [0, 0.1) is 6.92 Å². The van der Waals surface area contributed by atoms with E-state index >= 15 is 0 Å². The number of carbonyl (C=O) groups excluding carboxylic acids is 1. The highest BCUT2D eigenvalue weighted by Crippen LogP contribution is 2.26. The van der Waals surface area contributed by atoms with E-state index < -0.39 is 0 Å². The number of H-pyrrole nitrogens is 1. The van der Waals surface area contributed by atoms with Gasteiger partial charge in [-0.2, -0.15) is 0 Å². The molecule has 6 nitrogen and oxygen atoms in total. The Balaban J connectivity index is 1.44. The molecule has 0 aliphatic rings. The number of rotatable bonds is 5. The Kier molecular flexibility index (Phi) is 4.87. The molecule has 0 aliphatic heterocycles. The standard InChI is InChI=1S/C19H16ClN5OS/c1-11-17(27-19(25-11)16-10-21-6-7-22-16)18(26)23-5-4-12-9-24-15-3-2-13(20)8-14(12)15/h2-3,6-10,24H,4-5H2,1H3,(H,23,26). The quantitative estimate of drug-likeness (QED) is 0.532. The van der Waals surface area contributed by atoms with E-state index in [2.05, 4.69) is 25.3 Å². The minimum Gasteiger partial charge on any atom is -0.361 e. The fourth-order valence-corrected chi connectivity index (χ4v) is 3.99. The minimum absolute atomic E-state index is 0.127. The van der Waals surface area contributed by atoms with Crippen molar-refractivity contribution in [2.24, 2.45) is 0 Å². The molecule has 136 valence electrons. The van der Waals surface area contributed by atoms with Gasteiger partial charge in [0.25, 0.3) is 5.91 Å². The third kappa shape index (κ3) is 3.70. The number of hydrogen-bond acceptors (Lipinski definition) is 5. The molecule has 0 aliphatic carbocycles. The molecule has 0 bridgehead atoms. The zero-order valence-electron chi connectivity index (χ0n) is 14.5. The van der Waals surface area contributed by atoms with Crippen LogP contribution in [0.5, 0.6) is 0 Å². The zero-order chi connectivity index (χ0) is 18.8. The van der Waals surface area contributed by atoms with Gasteiger partial charge in [-0.3, -0.25) is 14.8 Å². The molecule has 3 heterocycles. The van der Waals surface area contributed by atoms with Gasteiger partial charge >= 0.3 is 0 Å². The van der Waals surface area contributed by atoms with Crippen molar-refractivity contribution in [2.75, 3.05) is 6.54 Å². The third-order valence-corrected chi connectivity index (χ3v) is 5.61. The molecule has 0 saturated carbocycles. The molecule has 4 aromatic rings. The highest BCUT2D eigenvalue weighted by Gasteiger charge is 2.16. The van der Waals surface area contributed by atoms with Crippen LogP contribution in [-0.2, 0) is 6.42 Å². The number of benzene rings is 1. The first-order chi connectivity index (χ1) is 13.1. The minimum atomic E-state index is -0.127. The highest BCUT2D eigenvalue weighted by atomic mass is 35.5. The first-order valence-corrected chi connectivity index (χ1v) is 9.59. The number of thiazole rings is 1. The van der Waals surface area contributed by atoms with E-state index in [-0.39, 0.29) is 5.91 Å². The van der Waals surface area contributed by atoms with Crippen LogP contribution in [0.4, 0.5) is 0 Å². The Morgan fingerprint density at radius 1 is 1.33 bits per heavy atom. The van der Waals surface area contributed by atoms with Gasteiger partial charge in [0.05, 0.1) is 11.9 Å². The molecule has 0 spiro atoms. The molecule has 4 rings (SSSR count). The smallest absolute Gasteiger partial charge is 0.263 e. The van der Waals surface area contributed by atoms with Gasteiger partial charge in [0.15, 0.2) is 0 Å². The van der Waals surface area contributed by atoms with Crippen molar-refractivity contribution < 1.29 is 4.79 Å². The maximum atomic E-state index is 12.6. The lowest BCUT2D eigenvalue weighted by atomic mass is 10.1. The number of carbonyl (C=O) groups is 1. The number of nitrogens with zero attached hydrogens (tertiary/aromatic N) is 3. The Bertz CT molecular complexity index is 1110. The van der Waals surface area contributed by atoms with E-state index in [9.17, 15) is 4.79 Å². The van der Waals surface area contributed by atoms with Crippen LogP contribution < -0.4 is 5.32 Å². The molecule has 3 aromatic heterocycles. The lowest BCUT2D eigenvalue weighted by molar-refractivity contribution is 0.0957. The van der Waals surface area contributed by atoms with E-state index in [1.54, 1.807) is 18.6 Å². The SMILES string of the molecule is Cc1nc(-c2cnccn2)sc1C(=O)NCCc1c[nH]c2ccc(Cl)cc12. The van der Waals surface area contributed by atoms with Crippen molar-refractivity contribution >= 4 is 39.7 Å². The Morgan fingerprint density at radius 2 is 2.22 bits per heavy atom. The molecule has 8 heteroatoms. The molecule has 0 fully saturated rings. The molecule has 27 heavy (non-hydrogen) atoms. The largest absolute Gasteiger partial charge is 0.361 e. The van der Waals surface area contributed by atoms with Crippen LogP contribution >= 0.6 is 22.9 Å². The van der Waals surface area contributed by atoms with Gasteiger partial charge < -0.3 is 10.3 Å². The third-order valence-electron chi connectivity index (χ3n) is 4.19. The molecule has 2 N–H and O–H groups in total. The fraction of sp³-hybridized carbons (Fsp3) is 0.158. The van der Waals surface area contributed by atoms with Crippen molar-refractivity contribution in [2.45, 2.75) is 13.3 Å². The Morgan fingerprint density at radius 3 is 3.04 bits per heavy atom. The second-order valence-electron chi connectivity index (χ2n) is 6.03. The summed E-state index contributed by atoms with van der Waals surface area (Å²) >= 11 is 7.41. The van der Waals surface area contributed by atoms with Crippen LogP contribution in [0.25, 0.3) is 21.6 Å². The summed E-state index contributed by atoms with van der Waals surface area (Å²) in [5.74, 6) is -0.127. The first-order valence-electron chi connectivity index (χ1n) is 8.39. The van der Waals surface area contributed by atoms with E-state index in [0.29, 0.717) is 39.3 Å². The van der Waals surface area contributed by atoms with Crippen LogP contribution in [0.3, 0.4) is 0 Å². The molecular weight excluding hydrogens is 382 g/mol. The molecule has 1 aromatic carbocycles. The van der Waals surface area contributed by atoms with E-state index in [1.807, 2.05) is 31.3 Å². The average molecular weight is 398 g/mol. The summed E-state index contributed by atoms with van der Waals surface area (Å²) in [7, 11) is 0. The number of halogens is 1. The topological polar surface area (TPSA) is 83.6 Å². The van der Waals surface area contributed by atoms with E-state index in [1.165, 1.54) is 11.3 Å². The average Bonchev–Trinajstić information content (AvgIpc) is 3.26. The lowest BCUT2D eigenvalue weighted by Gasteiger charge is -2.04. The molecule has 1 amide bonds. The van der Waals surface area contributed by atoms with Crippen LogP contribution in [0.1, 0.15) is 20.9 Å². The van der Waals surface area contributed by atoms with Gasteiger partial charge in [-0.25, -0.2) is 4.98 Å². The number of aromatic amines is 1. The Hall–Kier alpha value is -2.77. The number of nitrogens with one attached hydrogen (secondary N) is 2. The molecular formula is C19H16ClN5OS. The zero-order valence-corrected chi connectivity index (χ0v) is 16.1. The highest BCUT2D eigenvalue weighted by molar-refractivity contribution is 7.17. The summed E-state index contributed by atoms with van der Waals surface area (Å²) in [6, 6.07) is 5.74. The van der Waals surface area contributed by atoms with Gasteiger partial charge in [0.2, 0.25) is 0 Å². The number of fused-ring (bicyclic) bond motifs is 1. The monoisotopic (exact) mass is 397 g/mol. The summed E-state index contributed by atoms with van der Waals surface area (Å²) in [6.07, 6.45) is 7.52. The second-order valence-corrected chi connectivity index (χ2v) is 7.47. The number of aromatic nitrogens is 4. The lowest BCUT2D eigenvalue weighted by Crippen LogP contribution is -2.25. The fourth-order valence-electron chi connectivity index (χ4n) is 2.87. The second kappa shape index (κ2) is 7.46.